The zero-order valence-corrected chi connectivity index (χ0v) is 12.2. The Labute approximate surface area is 128 Å². The van der Waals surface area contributed by atoms with E-state index in [-0.39, 0.29) is 5.91 Å². The van der Waals surface area contributed by atoms with Crippen molar-refractivity contribution < 1.29 is 9.90 Å². The fourth-order valence-electron chi connectivity index (χ4n) is 3.24. The fraction of sp³-hybridized carbons (Fsp3) is 0.105. The molecular weight excluding hydrogens is 274 g/mol. The van der Waals surface area contributed by atoms with Crippen LogP contribution >= 0.6 is 0 Å². The molecule has 3 heteroatoms. The van der Waals surface area contributed by atoms with E-state index in [1.165, 1.54) is 4.90 Å². The van der Waals surface area contributed by atoms with Crippen LogP contribution in [0.15, 0.2) is 66.2 Å². The van der Waals surface area contributed by atoms with E-state index in [2.05, 4.69) is 0 Å². The monoisotopic (exact) mass is 289 g/mol. The summed E-state index contributed by atoms with van der Waals surface area (Å²) in [5.41, 5.74) is 5.79. The molecule has 0 bridgehead atoms. The number of aliphatic hydroxyl groups excluding tert-OH is 1. The highest BCUT2D eigenvalue weighted by molar-refractivity contribution is 6.12. The van der Waals surface area contributed by atoms with E-state index < -0.39 is 6.23 Å². The van der Waals surface area contributed by atoms with E-state index in [1.807, 2.05) is 54.6 Å². The average molecular weight is 289 g/mol. The summed E-state index contributed by atoms with van der Waals surface area (Å²) in [6, 6.07) is 18.0. The van der Waals surface area contributed by atoms with Crippen molar-refractivity contribution in [3.8, 4) is 0 Å². The molecule has 1 amide bonds. The average Bonchev–Trinajstić information content (AvgIpc) is 2.88. The van der Waals surface area contributed by atoms with Gasteiger partial charge in [0.05, 0.1) is 0 Å². The maximum absolute atomic E-state index is 12.1. The largest absolute Gasteiger partial charge is 0.369 e. The van der Waals surface area contributed by atoms with Crippen LogP contribution in [0.2, 0.25) is 0 Å². The molecule has 1 N–H and O–H groups in total. The third kappa shape index (κ3) is 1.69. The molecule has 0 saturated carbocycles. The van der Waals surface area contributed by atoms with E-state index in [0.29, 0.717) is 0 Å². The van der Waals surface area contributed by atoms with Gasteiger partial charge in [0.25, 0.3) is 0 Å². The molecule has 0 saturated heterocycles. The van der Waals surface area contributed by atoms with Gasteiger partial charge in [-0.25, -0.2) is 0 Å². The zero-order valence-electron chi connectivity index (χ0n) is 12.2. The molecular formula is C19H15NO2. The molecule has 108 valence electrons. The lowest BCUT2D eigenvalue weighted by Crippen LogP contribution is -2.40. The maximum Gasteiger partial charge on any atom is 0.249 e. The zero-order chi connectivity index (χ0) is 15.3. The number of likely N-dealkylation sites (N-methyl/N-ethyl adjacent to an activating group) is 1. The Hall–Kier alpha value is -2.65. The van der Waals surface area contributed by atoms with Gasteiger partial charge in [-0.05, 0) is 27.8 Å². The molecule has 0 spiro atoms. The standard InChI is InChI=1S/C19H15NO2/c1-20-16(21)11-15-13-9-5-6-10-14(13)17(18(15)19(20)22)12-7-3-2-4-8-12/h2-11,19,22H,1H3. The Morgan fingerprint density at radius 1 is 0.955 bits per heavy atom. The smallest absolute Gasteiger partial charge is 0.249 e. The summed E-state index contributed by atoms with van der Waals surface area (Å²) in [5, 5.41) is 10.6. The van der Waals surface area contributed by atoms with Crippen molar-refractivity contribution in [2.24, 2.45) is 0 Å². The predicted molar refractivity (Wildman–Crippen MR) is 85.7 cm³/mol. The molecule has 1 atom stereocenters. The number of hydrogen-bond donors (Lipinski definition) is 1. The summed E-state index contributed by atoms with van der Waals surface area (Å²) in [5.74, 6) is -0.171. The highest BCUT2D eigenvalue weighted by atomic mass is 16.3. The molecule has 1 aliphatic carbocycles. The van der Waals surface area contributed by atoms with Crippen LogP contribution in [0.3, 0.4) is 0 Å². The molecule has 3 nitrogen and oxygen atoms in total. The molecule has 0 aromatic heterocycles. The van der Waals surface area contributed by atoms with Crippen molar-refractivity contribution in [2.75, 3.05) is 7.05 Å². The summed E-state index contributed by atoms with van der Waals surface area (Å²) < 4.78 is 0. The maximum atomic E-state index is 12.1. The highest BCUT2D eigenvalue weighted by Crippen LogP contribution is 2.47. The van der Waals surface area contributed by atoms with Crippen molar-refractivity contribution in [1.82, 2.24) is 4.90 Å². The Morgan fingerprint density at radius 3 is 2.32 bits per heavy atom. The van der Waals surface area contributed by atoms with E-state index in [1.54, 1.807) is 13.1 Å². The minimum absolute atomic E-state index is 0.171. The lowest BCUT2D eigenvalue weighted by molar-refractivity contribution is -0.131. The molecule has 1 heterocycles. The number of carbonyl (C=O) groups excluding carboxylic acids is 1. The number of aliphatic hydroxyl groups is 1. The van der Waals surface area contributed by atoms with Crippen molar-refractivity contribution in [1.29, 1.82) is 0 Å². The van der Waals surface area contributed by atoms with E-state index in [0.717, 1.165) is 33.4 Å². The second-order valence-electron chi connectivity index (χ2n) is 5.58. The van der Waals surface area contributed by atoms with Gasteiger partial charge in [0.1, 0.15) is 0 Å². The minimum atomic E-state index is -0.921. The molecule has 0 radical (unpaired) electrons. The summed E-state index contributed by atoms with van der Waals surface area (Å²) in [4.78, 5) is 13.4. The van der Waals surface area contributed by atoms with Gasteiger partial charge in [-0.2, -0.15) is 0 Å². The van der Waals surface area contributed by atoms with E-state index >= 15 is 0 Å². The van der Waals surface area contributed by atoms with Gasteiger partial charge in [0, 0.05) is 18.7 Å². The third-order valence-corrected chi connectivity index (χ3v) is 4.35. The number of benzene rings is 2. The fourth-order valence-corrected chi connectivity index (χ4v) is 3.24. The van der Waals surface area contributed by atoms with Gasteiger partial charge in [-0.1, -0.05) is 54.6 Å². The minimum Gasteiger partial charge on any atom is -0.369 e. The highest BCUT2D eigenvalue weighted by Gasteiger charge is 2.37. The summed E-state index contributed by atoms with van der Waals surface area (Å²) >= 11 is 0. The van der Waals surface area contributed by atoms with Crippen LogP contribution in [0, 0.1) is 0 Å². The normalized spacial score (nSPS) is 19.9. The molecule has 2 aliphatic rings. The summed E-state index contributed by atoms with van der Waals surface area (Å²) in [6.07, 6.45) is 0.701. The van der Waals surface area contributed by atoms with Gasteiger partial charge >= 0.3 is 0 Å². The number of amides is 1. The molecule has 2 aromatic rings. The number of nitrogens with zero attached hydrogens (tertiary/aromatic N) is 1. The Morgan fingerprint density at radius 2 is 1.59 bits per heavy atom. The lowest BCUT2D eigenvalue weighted by atomic mass is 9.95. The van der Waals surface area contributed by atoms with Crippen LogP contribution in [0.1, 0.15) is 16.7 Å². The van der Waals surface area contributed by atoms with Gasteiger partial charge < -0.3 is 10.0 Å². The first-order chi connectivity index (χ1) is 10.7. The quantitative estimate of drug-likeness (QED) is 0.877. The van der Waals surface area contributed by atoms with Gasteiger partial charge in [0.2, 0.25) is 5.91 Å². The van der Waals surface area contributed by atoms with Gasteiger partial charge in [-0.3, -0.25) is 4.79 Å². The molecule has 1 unspecified atom stereocenters. The second kappa shape index (κ2) is 4.68. The predicted octanol–water partition coefficient (Wildman–Crippen LogP) is 2.68. The summed E-state index contributed by atoms with van der Waals surface area (Å²) in [7, 11) is 1.62. The van der Waals surface area contributed by atoms with Gasteiger partial charge in [-0.15, -0.1) is 0 Å². The lowest BCUT2D eigenvalue weighted by Gasteiger charge is -2.29. The first-order valence-electron chi connectivity index (χ1n) is 7.25. The van der Waals surface area contributed by atoms with E-state index in [4.69, 9.17) is 0 Å². The molecule has 22 heavy (non-hydrogen) atoms. The van der Waals surface area contributed by atoms with Gasteiger partial charge in [0.15, 0.2) is 6.23 Å². The van der Waals surface area contributed by atoms with Crippen LogP contribution in [-0.4, -0.2) is 29.2 Å². The first kappa shape index (κ1) is 13.0. The Bertz CT molecular complexity index is 834. The molecule has 4 rings (SSSR count). The number of rotatable bonds is 1. The second-order valence-corrected chi connectivity index (χ2v) is 5.58. The van der Waals surface area contributed by atoms with E-state index in [9.17, 15) is 9.90 Å². The van der Waals surface area contributed by atoms with Crippen LogP contribution in [0.25, 0.3) is 11.1 Å². The number of hydrogen-bond acceptors (Lipinski definition) is 2. The third-order valence-electron chi connectivity index (χ3n) is 4.35. The van der Waals surface area contributed by atoms with Crippen LogP contribution < -0.4 is 0 Å². The molecule has 2 aromatic carbocycles. The summed E-state index contributed by atoms with van der Waals surface area (Å²) in [6.45, 7) is 0. The topological polar surface area (TPSA) is 40.5 Å². The SMILES string of the molecule is CN1C(=O)C=C2C(=C(c3ccccc3)c3ccccc32)C1O. The van der Waals surface area contributed by atoms with Crippen LogP contribution in [0.4, 0.5) is 0 Å². The first-order valence-corrected chi connectivity index (χ1v) is 7.25. The Kier molecular flexibility index (Phi) is 2.78. The van der Waals surface area contributed by atoms with Crippen molar-refractivity contribution in [3.63, 3.8) is 0 Å². The molecule has 0 fully saturated rings. The number of carbonyl (C=O) groups is 1. The van der Waals surface area contributed by atoms with Crippen molar-refractivity contribution in [2.45, 2.75) is 6.23 Å². The van der Waals surface area contributed by atoms with Crippen molar-refractivity contribution >= 4 is 17.1 Å². The van der Waals surface area contributed by atoms with Crippen LogP contribution in [0.5, 0.6) is 0 Å². The van der Waals surface area contributed by atoms with Crippen molar-refractivity contribution in [3.05, 3.63) is 82.9 Å². The number of fused-ring (bicyclic) bond motifs is 3. The molecule has 1 aliphatic heterocycles. The van der Waals surface area contributed by atoms with Crippen LogP contribution in [-0.2, 0) is 4.79 Å². The Balaban J connectivity index is 2.07.